The molecule has 1 heterocycles. The summed E-state index contributed by atoms with van der Waals surface area (Å²) in [6.45, 7) is 4.23. The van der Waals surface area contributed by atoms with Crippen molar-refractivity contribution in [1.82, 2.24) is 4.90 Å². The van der Waals surface area contributed by atoms with Crippen LogP contribution in [0.5, 0.6) is 0 Å². The van der Waals surface area contributed by atoms with Crippen molar-refractivity contribution in [2.24, 2.45) is 5.73 Å². The number of fused-ring (bicyclic) bond motifs is 3. The van der Waals surface area contributed by atoms with Crippen molar-refractivity contribution in [2.45, 2.75) is 6.54 Å². The maximum atomic E-state index is 12.7. The molecule has 27 heavy (non-hydrogen) atoms. The average Bonchev–Trinajstić information content (AvgIpc) is 2.97. The smallest absolute Gasteiger partial charge is 0.254 e. The molecule has 3 aromatic rings. The number of hydrogen-bond donors (Lipinski definition) is 2. The fourth-order valence-electron chi connectivity index (χ4n) is 3.52. The Labute approximate surface area is 156 Å². The first-order valence-corrected chi connectivity index (χ1v) is 8.62. The van der Waals surface area contributed by atoms with E-state index in [0.717, 1.165) is 27.5 Å². The minimum atomic E-state index is -0.590. The number of rotatable bonds is 4. The topological polar surface area (TPSA) is 89.4 Å². The van der Waals surface area contributed by atoms with Crippen molar-refractivity contribution in [3.8, 4) is 11.1 Å². The van der Waals surface area contributed by atoms with E-state index in [4.69, 9.17) is 11.5 Å². The number of carbonyl (C=O) groups excluding carboxylic acids is 2. The maximum Gasteiger partial charge on any atom is 0.254 e. The Hall–Kier alpha value is -3.60. The molecule has 0 atom stereocenters. The number of anilines is 1. The van der Waals surface area contributed by atoms with Crippen LogP contribution in [0.1, 0.15) is 15.9 Å². The van der Waals surface area contributed by atoms with Crippen LogP contribution in [0.3, 0.4) is 0 Å². The molecule has 1 aliphatic heterocycles. The highest BCUT2D eigenvalue weighted by molar-refractivity contribution is 6.05. The van der Waals surface area contributed by atoms with Crippen LogP contribution >= 0.6 is 0 Å². The van der Waals surface area contributed by atoms with Gasteiger partial charge in [0.2, 0.25) is 5.91 Å². The van der Waals surface area contributed by atoms with Gasteiger partial charge < -0.3 is 16.4 Å². The van der Waals surface area contributed by atoms with Gasteiger partial charge in [0.1, 0.15) is 0 Å². The first-order chi connectivity index (χ1) is 12.9. The van der Waals surface area contributed by atoms with Crippen LogP contribution in [-0.4, -0.2) is 23.3 Å². The van der Waals surface area contributed by atoms with Gasteiger partial charge in [0.25, 0.3) is 5.91 Å². The Morgan fingerprint density at radius 3 is 2.56 bits per heavy atom. The fourth-order valence-corrected chi connectivity index (χ4v) is 3.52. The van der Waals surface area contributed by atoms with Crippen LogP contribution in [-0.2, 0) is 11.3 Å². The van der Waals surface area contributed by atoms with Gasteiger partial charge in [-0.15, -0.1) is 0 Å². The lowest BCUT2D eigenvalue weighted by atomic mass is 9.96. The van der Waals surface area contributed by atoms with E-state index in [9.17, 15) is 9.59 Å². The largest absolute Gasteiger partial charge is 0.399 e. The molecule has 0 saturated carbocycles. The number of benzene rings is 3. The summed E-state index contributed by atoms with van der Waals surface area (Å²) >= 11 is 0. The highest BCUT2D eigenvalue weighted by Gasteiger charge is 2.29. The van der Waals surface area contributed by atoms with Gasteiger partial charge in [0.15, 0.2) is 0 Å². The molecule has 5 nitrogen and oxygen atoms in total. The first kappa shape index (κ1) is 16.8. The second-order valence-electron chi connectivity index (χ2n) is 6.78. The molecule has 1 aliphatic rings. The van der Waals surface area contributed by atoms with Crippen molar-refractivity contribution in [3.05, 3.63) is 77.9 Å². The first-order valence-electron chi connectivity index (χ1n) is 8.62. The third-order valence-electron chi connectivity index (χ3n) is 4.95. The molecular weight excluding hydrogens is 338 g/mol. The van der Waals surface area contributed by atoms with E-state index in [1.54, 1.807) is 4.90 Å². The van der Waals surface area contributed by atoms with Crippen molar-refractivity contribution < 1.29 is 9.59 Å². The van der Waals surface area contributed by atoms with Gasteiger partial charge in [-0.2, -0.15) is 0 Å². The highest BCUT2D eigenvalue weighted by Crippen LogP contribution is 2.33. The van der Waals surface area contributed by atoms with E-state index in [1.165, 1.54) is 0 Å². The van der Waals surface area contributed by atoms with Gasteiger partial charge in [-0.3, -0.25) is 9.59 Å². The third kappa shape index (κ3) is 2.93. The molecule has 5 heteroatoms. The van der Waals surface area contributed by atoms with Crippen LogP contribution < -0.4 is 11.5 Å². The summed E-state index contributed by atoms with van der Waals surface area (Å²) in [5.74, 6) is -0.698. The molecule has 0 spiro atoms. The van der Waals surface area contributed by atoms with Gasteiger partial charge in [-0.1, -0.05) is 36.9 Å². The zero-order valence-corrected chi connectivity index (χ0v) is 14.7. The predicted octanol–water partition coefficient (Wildman–Crippen LogP) is 3.09. The van der Waals surface area contributed by atoms with E-state index in [0.29, 0.717) is 17.8 Å². The van der Waals surface area contributed by atoms with Gasteiger partial charge in [0.05, 0.1) is 6.54 Å². The SMILES string of the molecule is C=C(CN1Cc2c(ccc3ccc(-c4cccc(N)c4)cc23)C1=O)C(N)=O. The zero-order valence-electron chi connectivity index (χ0n) is 14.7. The normalized spacial score (nSPS) is 13.0. The third-order valence-corrected chi connectivity index (χ3v) is 4.95. The quantitative estimate of drug-likeness (QED) is 0.555. The Kier molecular flexibility index (Phi) is 3.92. The molecule has 0 unspecified atom stereocenters. The van der Waals surface area contributed by atoms with E-state index in [-0.39, 0.29) is 18.0 Å². The lowest BCUT2D eigenvalue weighted by Gasteiger charge is -2.15. The van der Waals surface area contributed by atoms with Crippen LogP contribution in [0.4, 0.5) is 5.69 Å². The maximum absolute atomic E-state index is 12.7. The number of carbonyl (C=O) groups is 2. The molecule has 0 fully saturated rings. The molecule has 0 aliphatic carbocycles. The molecule has 2 amide bonds. The monoisotopic (exact) mass is 357 g/mol. The molecule has 0 bridgehead atoms. The number of nitrogens with zero attached hydrogens (tertiary/aromatic N) is 1. The molecule has 4 N–H and O–H groups in total. The Morgan fingerprint density at radius 1 is 1.07 bits per heavy atom. The minimum absolute atomic E-state index is 0.108. The van der Waals surface area contributed by atoms with E-state index >= 15 is 0 Å². The standard InChI is InChI=1S/C22H19N3O2/c1-13(21(24)26)11-25-12-20-18(22(25)27)8-7-14-5-6-16(10-19(14)20)15-3-2-4-17(23)9-15/h2-10H,1,11-12,23H2,(H2,24,26). The second kappa shape index (κ2) is 6.29. The molecule has 0 radical (unpaired) electrons. The minimum Gasteiger partial charge on any atom is -0.399 e. The summed E-state index contributed by atoms with van der Waals surface area (Å²) in [5, 5.41) is 2.08. The molecule has 0 saturated heterocycles. The summed E-state index contributed by atoms with van der Waals surface area (Å²) in [7, 11) is 0. The summed E-state index contributed by atoms with van der Waals surface area (Å²) < 4.78 is 0. The molecule has 4 rings (SSSR count). The van der Waals surface area contributed by atoms with Crippen LogP contribution in [0.15, 0.2) is 66.7 Å². The number of primary amides is 1. The van der Waals surface area contributed by atoms with E-state index < -0.39 is 5.91 Å². The second-order valence-corrected chi connectivity index (χ2v) is 6.78. The highest BCUT2D eigenvalue weighted by atomic mass is 16.2. The van der Waals surface area contributed by atoms with E-state index in [1.807, 2.05) is 48.5 Å². The van der Waals surface area contributed by atoms with Gasteiger partial charge in [-0.25, -0.2) is 0 Å². The summed E-state index contributed by atoms with van der Waals surface area (Å²) in [6.07, 6.45) is 0. The van der Waals surface area contributed by atoms with Gasteiger partial charge in [0, 0.05) is 23.4 Å². The number of amides is 2. The van der Waals surface area contributed by atoms with Gasteiger partial charge in [-0.05, 0) is 51.7 Å². The van der Waals surface area contributed by atoms with Crippen molar-refractivity contribution in [2.75, 3.05) is 12.3 Å². The molecule has 0 aromatic heterocycles. The Morgan fingerprint density at radius 2 is 1.81 bits per heavy atom. The van der Waals surface area contributed by atoms with Crippen molar-refractivity contribution in [3.63, 3.8) is 0 Å². The molecular formula is C22H19N3O2. The predicted molar refractivity (Wildman–Crippen MR) is 107 cm³/mol. The number of nitrogen functional groups attached to an aromatic ring is 1. The number of nitrogens with two attached hydrogens (primary N) is 2. The lowest BCUT2D eigenvalue weighted by molar-refractivity contribution is -0.114. The summed E-state index contributed by atoms with van der Waals surface area (Å²) in [6, 6.07) is 17.7. The van der Waals surface area contributed by atoms with Gasteiger partial charge >= 0.3 is 0 Å². The summed E-state index contributed by atoms with van der Waals surface area (Å²) in [5.41, 5.74) is 15.8. The van der Waals surface area contributed by atoms with Crippen LogP contribution in [0.25, 0.3) is 21.9 Å². The average molecular weight is 357 g/mol. The zero-order chi connectivity index (χ0) is 19.1. The van der Waals surface area contributed by atoms with Crippen molar-refractivity contribution >= 4 is 28.3 Å². The van der Waals surface area contributed by atoms with E-state index in [2.05, 4.69) is 12.6 Å². The lowest BCUT2D eigenvalue weighted by Crippen LogP contribution is -2.30. The summed E-state index contributed by atoms with van der Waals surface area (Å²) in [4.78, 5) is 25.6. The Bertz CT molecular complexity index is 1120. The molecule has 134 valence electrons. The fraction of sp³-hybridized carbons (Fsp3) is 0.0909. The number of hydrogen-bond acceptors (Lipinski definition) is 3. The van der Waals surface area contributed by atoms with Crippen molar-refractivity contribution in [1.29, 1.82) is 0 Å². The Balaban J connectivity index is 1.77. The molecule has 3 aromatic carbocycles. The van der Waals surface area contributed by atoms with Crippen LogP contribution in [0, 0.1) is 0 Å². The van der Waals surface area contributed by atoms with Crippen LogP contribution in [0.2, 0.25) is 0 Å².